The predicted molar refractivity (Wildman–Crippen MR) is 119 cm³/mol. The highest BCUT2D eigenvalue weighted by Gasteiger charge is 2.22. The van der Waals surface area contributed by atoms with Gasteiger partial charge in [-0.05, 0) is 69.6 Å². The van der Waals surface area contributed by atoms with Crippen molar-refractivity contribution < 1.29 is 19.2 Å². The second-order valence-electron chi connectivity index (χ2n) is 7.88. The number of carbonyl (C=O) groups excluding carboxylic acids is 4. The number of hydrogen-bond acceptors (Lipinski definition) is 8. The summed E-state index contributed by atoms with van der Waals surface area (Å²) in [5.74, 6) is 1.51. The maximum absolute atomic E-state index is 10.2. The third-order valence-electron chi connectivity index (χ3n) is 5.66. The van der Waals surface area contributed by atoms with Crippen molar-refractivity contribution in [2.24, 2.45) is 31.8 Å². The Balaban J connectivity index is 0.000000649. The average molecular weight is 433 g/mol. The quantitative estimate of drug-likeness (QED) is 0.213. The summed E-state index contributed by atoms with van der Waals surface area (Å²) in [6, 6.07) is 0.218. The first kappa shape index (κ1) is 28.5. The zero-order chi connectivity index (χ0) is 23.0. The molecule has 1 fully saturated rings. The highest BCUT2D eigenvalue weighted by molar-refractivity contribution is 5.33. The first-order valence-corrected chi connectivity index (χ1v) is 11.4. The van der Waals surface area contributed by atoms with Gasteiger partial charge >= 0.3 is 0 Å². The molecular weight excluding hydrogens is 396 g/mol. The summed E-state index contributed by atoms with van der Waals surface area (Å²) in [7, 11) is 0. The average Bonchev–Trinajstić information content (AvgIpc) is 2.79. The van der Waals surface area contributed by atoms with Crippen LogP contribution in [0.3, 0.4) is 0 Å². The molecule has 0 bridgehead atoms. The first-order chi connectivity index (χ1) is 15.2. The third-order valence-corrected chi connectivity index (χ3v) is 5.66. The van der Waals surface area contributed by atoms with Gasteiger partial charge in [-0.2, -0.15) is 0 Å². The Kier molecular flexibility index (Phi) is 20.4. The molecule has 0 amide bonds. The molecule has 0 aromatic carbocycles. The van der Waals surface area contributed by atoms with Crippen LogP contribution in [0.4, 0.5) is 0 Å². The molecule has 8 heteroatoms. The lowest BCUT2D eigenvalue weighted by atomic mass is 9.79. The fourth-order valence-corrected chi connectivity index (χ4v) is 3.88. The molecule has 31 heavy (non-hydrogen) atoms. The molecule has 1 saturated carbocycles. The zero-order valence-electron chi connectivity index (χ0n) is 18.8. The largest absolute Gasteiger partial charge is 0.235 e. The fraction of sp³-hybridized carbons (Fsp3) is 0.826. The molecule has 8 nitrogen and oxygen atoms in total. The van der Waals surface area contributed by atoms with E-state index < -0.39 is 0 Å². The molecule has 0 radical (unpaired) electrons. The fourth-order valence-electron chi connectivity index (χ4n) is 3.88. The van der Waals surface area contributed by atoms with E-state index in [2.05, 4.69) is 26.9 Å². The molecule has 0 spiro atoms. The van der Waals surface area contributed by atoms with E-state index in [0.29, 0.717) is 19.6 Å². The van der Waals surface area contributed by atoms with Gasteiger partial charge in [0.05, 0.1) is 25.7 Å². The number of rotatable bonds is 15. The van der Waals surface area contributed by atoms with Gasteiger partial charge in [0.1, 0.15) is 0 Å². The molecule has 1 aliphatic carbocycles. The molecule has 1 aliphatic rings. The summed E-state index contributed by atoms with van der Waals surface area (Å²) in [5.41, 5.74) is 0. The molecule has 0 aromatic rings. The maximum atomic E-state index is 10.2. The van der Waals surface area contributed by atoms with E-state index in [1.807, 2.05) is 0 Å². The van der Waals surface area contributed by atoms with E-state index in [0.717, 1.165) is 63.2 Å². The second-order valence-corrected chi connectivity index (χ2v) is 7.88. The molecule has 1 rings (SSSR count). The van der Waals surface area contributed by atoms with Gasteiger partial charge in [0.15, 0.2) is 0 Å². The SMILES string of the molecule is CCC(CCCN=C=O)CC1CCC(N=C=O)CC1.O=C=NCCCCCCN=C=O. The molecule has 0 saturated heterocycles. The van der Waals surface area contributed by atoms with Gasteiger partial charge in [-0.3, -0.25) is 0 Å². The van der Waals surface area contributed by atoms with Crippen molar-refractivity contribution in [3.63, 3.8) is 0 Å². The molecule has 0 aliphatic heterocycles. The molecule has 0 aromatic heterocycles. The van der Waals surface area contributed by atoms with E-state index in [1.54, 1.807) is 12.2 Å². The predicted octanol–water partition coefficient (Wildman–Crippen LogP) is 4.63. The van der Waals surface area contributed by atoms with E-state index in [-0.39, 0.29) is 6.04 Å². The zero-order valence-corrected chi connectivity index (χ0v) is 18.8. The van der Waals surface area contributed by atoms with Crippen LogP contribution in [-0.4, -0.2) is 50.0 Å². The number of hydrogen-bond donors (Lipinski definition) is 0. The minimum atomic E-state index is 0.218. The minimum Gasteiger partial charge on any atom is -0.211 e. The van der Waals surface area contributed by atoms with Gasteiger partial charge in [0.25, 0.3) is 0 Å². The number of unbranched alkanes of at least 4 members (excludes halogenated alkanes) is 3. The van der Waals surface area contributed by atoms with Gasteiger partial charge in [-0.25, -0.2) is 39.1 Å². The first-order valence-electron chi connectivity index (χ1n) is 11.4. The van der Waals surface area contributed by atoms with Crippen molar-refractivity contribution in [2.45, 2.75) is 90.0 Å². The van der Waals surface area contributed by atoms with E-state index in [1.165, 1.54) is 37.8 Å². The van der Waals surface area contributed by atoms with Crippen molar-refractivity contribution in [2.75, 3.05) is 19.6 Å². The van der Waals surface area contributed by atoms with Gasteiger partial charge in [0.2, 0.25) is 24.3 Å². The molecule has 1 atom stereocenters. The van der Waals surface area contributed by atoms with Crippen LogP contribution in [0.5, 0.6) is 0 Å². The Morgan fingerprint density at radius 3 is 1.68 bits per heavy atom. The summed E-state index contributed by atoms with van der Waals surface area (Å²) < 4.78 is 0. The maximum Gasteiger partial charge on any atom is 0.235 e. The second kappa shape index (κ2) is 22.2. The van der Waals surface area contributed by atoms with E-state index >= 15 is 0 Å². The van der Waals surface area contributed by atoms with Crippen LogP contribution < -0.4 is 0 Å². The van der Waals surface area contributed by atoms with Crippen molar-refractivity contribution in [3.05, 3.63) is 0 Å². The minimum absolute atomic E-state index is 0.218. The van der Waals surface area contributed by atoms with Crippen LogP contribution in [0.2, 0.25) is 0 Å². The van der Waals surface area contributed by atoms with Crippen LogP contribution in [0.25, 0.3) is 0 Å². The highest BCUT2D eigenvalue weighted by Crippen LogP contribution is 2.32. The smallest absolute Gasteiger partial charge is 0.211 e. The highest BCUT2D eigenvalue weighted by atomic mass is 16.1. The summed E-state index contributed by atoms with van der Waals surface area (Å²) in [4.78, 5) is 53.7. The van der Waals surface area contributed by atoms with Crippen molar-refractivity contribution in [1.29, 1.82) is 0 Å². The van der Waals surface area contributed by atoms with Crippen LogP contribution in [0, 0.1) is 11.8 Å². The number of isocyanates is 4. The van der Waals surface area contributed by atoms with Gasteiger partial charge < -0.3 is 0 Å². The summed E-state index contributed by atoms with van der Waals surface area (Å²) in [5, 5.41) is 0. The Hall–Kier alpha value is -2.48. The van der Waals surface area contributed by atoms with E-state index in [9.17, 15) is 19.2 Å². The van der Waals surface area contributed by atoms with Gasteiger partial charge in [-0.15, -0.1) is 0 Å². The topological polar surface area (TPSA) is 118 Å². The van der Waals surface area contributed by atoms with Gasteiger partial charge in [0, 0.05) is 0 Å². The normalized spacial score (nSPS) is 18.0. The van der Waals surface area contributed by atoms with Crippen molar-refractivity contribution >= 4 is 24.3 Å². The van der Waals surface area contributed by atoms with Crippen molar-refractivity contribution in [3.8, 4) is 0 Å². The van der Waals surface area contributed by atoms with Gasteiger partial charge in [-0.1, -0.05) is 26.2 Å². The summed E-state index contributed by atoms with van der Waals surface area (Å²) >= 11 is 0. The van der Waals surface area contributed by atoms with Crippen molar-refractivity contribution in [1.82, 2.24) is 0 Å². The Morgan fingerprint density at radius 1 is 0.710 bits per heavy atom. The standard InChI is InChI=1S/C15H24N2O2.C8H12N2O2/c1-2-13(4-3-9-16-11-18)10-14-5-7-15(8-6-14)17-12-19;11-7-9-5-3-1-2-4-6-10-8-12/h13-15H,2-10H2,1H3;1-6H2. The lowest BCUT2D eigenvalue weighted by Crippen LogP contribution is -2.19. The van der Waals surface area contributed by atoms with E-state index in [4.69, 9.17) is 0 Å². The van der Waals surface area contributed by atoms with Crippen LogP contribution >= 0.6 is 0 Å². The number of nitrogens with zero attached hydrogens (tertiary/aromatic N) is 4. The molecular formula is C23H36N4O4. The van der Waals surface area contributed by atoms with Crippen LogP contribution in [0.1, 0.15) is 84.0 Å². The summed E-state index contributed by atoms with van der Waals surface area (Å²) in [6.07, 6.45) is 19.1. The molecule has 1 unspecified atom stereocenters. The Labute approximate surface area is 185 Å². The molecule has 172 valence electrons. The lowest BCUT2D eigenvalue weighted by Gasteiger charge is -2.28. The molecule has 0 N–H and O–H groups in total. The van der Waals surface area contributed by atoms with Crippen LogP contribution in [-0.2, 0) is 19.2 Å². The monoisotopic (exact) mass is 432 g/mol. The molecule has 0 heterocycles. The lowest BCUT2D eigenvalue weighted by molar-refractivity contribution is 0.257. The van der Waals surface area contributed by atoms with Crippen LogP contribution in [0.15, 0.2) is 20.0 Å². The number of aliphatic imine (C=N–C) groups is 4. The Bertz CT molecular complexity index is 611. The summed E-state index contributed by atoms with van der Waals surface area (Å²) in [6.45, 7) is 3.96. The Morgan fingerprint density at radius 2 is 1.23 bits per heavy atom. The third kappa shape index (κ3) is 18.0.